The van der Waals surface area contributed by atoms with E-state index in [0.717, 1.165) is 4.48 Å². The molecule has 0 fully saturated rings. The first-order valence-electron chi connectivity index (χ1n) is 1.79. The summed E-state index contributed by atoms with van der Waals surface area (Å²) in [4.78, 5) is 0. The Morgan fingerprint density at radius 3 is 1.00 bits per heavy atom. The van der Waals surface area contributed by atoms with Gasteiger partial charge in [-0.1, -0.05) is 0 Å². The van der Waals surface area contributed by atoms with E-state index in [0.29, 0.717) is 0 Å². The summed E-state index contributed by atoms with van der Waals surface area (Å²) in [5, 5.41) is 0. The molecule has 0 aromatic rings. The molecule has 0 bridgehead atoms. The van der Waals surface area contributed by atoms with E-state index in [1.165, 1.54) is 0 Å². The second-order valence-corrected chi connectivity index (χ2v) is 2.68. The first-order chi connectivity index (χ1) is 2.00. The molecule has 0 aliphatic carbocycles. The lowest BCUT2D eigenvalue weighted by Gasteiger charge is -2.14. The van der Waals surface area contributed by atoms with Crippen molar-refractivity contribution in [3.8, 4) is 0 Å². The Bertz CT molecular complexity index is 27.2. The monoisotopic (exact) mass is 93.1 g/mol. The van der Waals surface area contributed by atoms with Crippen molar-refractivity contribution in [3.63, 3.8) is 0 Å². The zero-order chi connectivity index (χ0) is 4.50. The van der Waals surface area contributed by atoms with Gasteiger partial charge in [-0.25, -0.2) is 0 Å². The Morgan fingerprint density at radius 2 is 1.00 bits per heavy atom. The average molecular weight is 93.2 g/mol. The molecule has 0 atom stereocenters. The van der Waals surface area contributed by atoms with Gasteiger partial charge >= 0.3 is 1.43 Å². The van der Waals surface area contributed by atoms with E-state index in [4.69, 9.17) is 0 Å². The smallest absolute Gasteiger partial charge is 0.412 e. The molecule has 0 aromatic heterocycles. The molecule has 0 saturated carbocycles. The standard InChI is InChI=1S/C4H12N.H2O/c1-5(2,3)4;/h1-4H3;1H2/q+1;/p+1. The van der Waals surface area contributed by atoms with Gasteiger partial charge < -0.3 is 9.96 Å². The fourth-order valence-electron chi connectivity index (χ4n) is 0. The van der Waals surface area contributed by atoms with Crippen LogP contribution in [0.25, 0.3) is 0 Å². The third kappa shape index (κ3) is 5220. The minimum Gasteiger partial charge on any atom is -0.412 e. The van der Waals surface area contributed by atoms with Gasteiger partial charge in [0.05, 0.1) is 28.2 Å². The molecule has 6 heavy (non-hydrogen) atoms. The normalized spacial score (nSPS) is 10.0. The summed E-state index contributed by atoms with van der Waals surface area (Å²) in [6, 6.07) is 0. The van der Waals surface area contributed by atoms with Crippen molar-refractivity contribution in [3.05, 3.63) is 0 Å². The summed E-state index contributed by atoms with van der Waals surface area (Å²) < 4.78 is 1.00. The molecule has 2 nitrogen and oxygen atoms in total. The van der Waals surface area contributed by atoms with Crippen molar-refractivity contribution in [1.29, 1.82) is 0 Å². The molecule has 2 heteroatoms. The second kappa shape index (κ2) is 2.16. The predicted molar refractivity (Wildman–Crippen MR) is 28.7 cm³/mol. The lowest BCUT2D eigenvalue weighted by molar-refractivity contribution is -0.849. The van der Waals surface area contributed by atoms with E-state index in [2.05, 4.69) is 28.2 Å². The van der Waals surface area contributed by atoms with Gasteiger partial charge in [-0.2, -0.15) is 0 Å². The highest BCUT2D eigenvalue weighted by molar-refractivity contribution is 3.87. The zero-order valence-corrected chi connectivity index (χ0v) is 4.95. The lowest BCUT2D eigenvalue weighted by atomic mass is 10.8. The Hall–Kier alpha value is -0.0800. The van der Waals surface area contributed by atoms with Gasteiger partial charge in [0.25, 0.3) is 0 Å². The Morgan fingerprint density at radius 1 is 1.00 bits per heavy atom. The topological polar surface area (TPSA) is 31.5 Å². The van der Waals surface area contributed by atoms with E-state index >= 15 is 0 Å². The number of nitrogens with zero attached hydrogens (tertiary/aromatic N) is 1. The third-order valence-electron chi connectivity index (χ3n) is 0. The van der Waals surface area contributed by atoms with E-state index < -0.39 is 0 Å². The maximum absolute atomic E-state index is 2.12. The van der Waals surface area contributed by atoms with Crippen molar-refractivity contribution in [1.82, 2.24) is 0 Å². The highest BCUT2D eigenvalue weighted by Crippen LogP contribution is 1.73. The molecule has 0 heterocycles. The predicted octanol–water partition coefficient (Wildman–Crippen LogP) is -0.390. The van der Waals surface area contributed by atoms with Crippen LogP contribution in [-0.2, 0) is 0 Å². The van der Waals surface area contributed by atoms with Gasteiger partial charge in [-0.05, 0) is 0 Å². The molecule has 0 spiro atoms. The van der Waals surface area contributed by atoms with Crippen molar-refractivity contribution in [2.75, 3.05) is 28.2 Å². The second-order valence-electron chi connectivity index (χ2n) is 2.68. The van der Waals surface area contributed by atoms with Crippen LogP contribution in [0.4, 0.5) is 0 Å². The first kappa shape index (κ1) is 9.33. The summed E-state index contributed by atoms with van der Waals surface area (Å²) in [6.45, 7) is 0. The molecule has 2 N–H and O–H groups in total. The number of quaternary nitrogens is 1. The zero-order valence-electron chi connectivity index (χ0n) is 5.95. The van der Waals surface area contributed by atoms with Crippen molar-refractivity contribution in [2.45, 2.75) is 0 Å². The Labute approximate surface area is 40.8 Å². The van der Waals surface area contributed by atoms with E-state index in [9.17, 15) is 0 Å². The highest BCUT2D eigenvalue weighted by Gasteiger charge is 1.88. The quantitative estimate of drug-likeness (QED) is 0.365. The summed E-state index contributed by atoms with van der Waals surface area (Å²) >= 11 is 0. The summed E-state index contributed by atoms with van der Waals surface area (Å²) in [7, 11) is 8.50. The third-order valence-corrected chi connectivity index (χ3v) is 0. The van der Waals surface area contributed by atoms with Crippen molar-refractivity contribution >= 4 is 0 Å². The van der Waals surface area contributed by atoms with Crippen molar-refractivity contribution < 1.29 is 11.4 Å². The Balaban J connectivity index is -0.0000000800. The minimum absolute atomic E-state index is 0. The van der Waals surface area contributed by atoms with Crippen LogP contribution >= 0.6 is 0 Å². The van der Waals surface area contributed by atoms with Crippen molar-refractivity contribution in [2.24, 2.45) is 0 Å². The molecule has 0 saturated heterocycles. The van der Waals surface area contributed by atoms with Gasteiger partial charge in [0.15, 0.2) is 0 Å². The minimum atomic E-state index is 0. The fraction of sp³-hybridized carbons (Fsp3) is 1.00. The van der Waals surface area contributed by atoms with Gasteiger partial charge in [-0.15, -0.1) is 0 Å². The van der Waals surface area contributed by atoms with Gasteiger partial charge in [0.1, 0.15) is 0 Å². The van der Waals surface area contributed by atoms with Gasteiger partial charge in [-0.3, -0.25) is 0 Å². The summed E-state index contributed by atoms with van der Waals surface area (Å²) in [5.41, 5.74) is 0. The van der Waals surface area contributed by atoms with Crippen LogP contribution in [0.3, 0.4) is 0 Å². The maximum Gasteiger partial charge on any atom is 1.00 e. The molecule has 40 valence electrons. The highest BCUT2D eigenvalue weighted by atomic mass is 16.0. The first-order valence-corrected chi connectivity index (χ1v) is 1.79. The molecular formula is C4H15NO+2. The number of rotatable bonds is 0. The lowest BCUT2D eigenvalue weighted by Crippen LogP contribution is -2.27. The van der Waals surface area contributed by atoms with Crippen LogP contribution in [0.1, 0.15) is 1.43 Å². The SMILES string of the molecule is C[N+](C)(C)C.O.[H+]. The average Bonchev–Trinajstić information content (AvgIpc) is 0.722. The largest absolute Gasteiger partial charge is 1.00 e. The summed E-state index contributed by atoms with van der Waals surface area (Å²) in [6.07, 6.45) is 0. The van der Waals surface area contributed by atoms with E-state index in [1.807, 2.05) is 0 Å². The van der Waals surface area contributed by atoms with Crippen LogP contribution in [-0.4, -0.2) is 38.1 Å². The maximum atomic E-state index is 2.12. The van der Waals surface area contributed by atoms with Crippen LogP contribution in [0, 0.1) is 0 Å². The molecule has 0 amide bonds. The molecule has 0 unspecified atom stereocenters. The van der Waals surface area contributed by atoms with Gasteiger partial charge in [0.2, 0.25) is 0 Å². The summed E-state index contributed by atoms with van der Waals surface area (Å²) in [5.74, 6) is 0. The Kier molecular flexibility index (Phi) is 3.35. The van der Waals surface area contributed by atoms with Crippen LogP contribution in [0.15, 0.2) is 0 Å². The molecule has 0 rings (SSSR count). The van der Waals surface area contributed by atoms with Crippen LogP contribution in [0.2, 0.25) is 0 Å². The molecule has 0 aromatic carbocycles. The molecule has 0 aliphatic heterocycles. The molecular weight excluding hydrogens is 78.0 g/mol. The number of hydrogen-bond acceptors (Lipinski definition) is 0. The van der Waals surface area contributed by atoms with Crippen LogP contribution in [0.5, 0.6) is 0 Å². The molecule has 0 radical (unpaired) electrons. The van der Waals surface area contributed by atoms with Crippen LogP contribution < -0.4 is 0 Å². The van der Waals surface area contributed by atoms with E-state index in [-0.39, 0.29) is 6.90 Å². The number of hydrogen-bond donors (Lipinski definition) is 0. The fourth-order valence-corrected chi connectivity index (χ4v) is 0. The van der Waals surface area contributed by atoms with Gasteiger partial charge in [0, 0.05) is 0 Å². The molecule has 0 aliphatic rings. The van der Waals surface area contributed by atoms with E-state index in [1.54, 1.807) is 0 Å².